The summed E-state index contributed by atoms with van der Waals surface area (Å²) in [5, 5.41) is 6.61. The first-order chi connectivity index (χ1) is 15.7. The van der Waals surface area contributed by atoms with E-state index in [1.165, 1.54) is 12.8 Å². The summed E-state index contributed by atoms with van der Waals surface area (Å²) >= 11 is 0. The molecule has 1 amide bonds. The van der Waals surface area contributed by atoms with Crippen molar-refractivity contribution < 1.29 is 9.53 Å². The van der Waals surface area contributed by atoms with Gasteiger partial charge in [0.2, 0.25) is 0 Å². The van der Waals surface area contributed by atoms with Crippen LogP contribution in [0.15, 0.2) is 60.8 Å². The lowest BCUT2D eigenvalue weighted by Gasteiger charge is -2.18. The number of aromatic nitrogens is 1. The Bertz CT molecular complexity index is 1070. The summed E-state index contributed by atoms with van der Waals surface area (Å²) in [4.78, 5) is 17.8. The number of benzene rings is 2. The second-order valence-corrected chi connectivity index (χ2v) is 8.28. The number of nitrogens with one attached hydrogen (secondary N) is 2. The van der Waals surface area contributed by atoms with Gasteiger partial charge in [-0.1, -0.05) is 24.6 Å². The number of aryl methyl sites for hydroxylation is 1. The number of carbonyl (C=O) groups is 1. The van der Waals surface area contributed by atoms with E-state index in [4.69, 9.17) is 4.74 Å². The summed E-state index contributed by atoms with van der Waals surface area (Å²) in [6, 6.07) is 17.7. The first kappa shape index (κ1) is 22.0. The van der Waals surface area contributed by atoms with Gasteiger partial charge in [0.05, 0.1) is 18.0 Å². The van der Waals surface area contributed by atoms with E-state index in [2.05, 4.69) is 22.5 Å². The molecule has 0 bridgehead atoms. The molecule has 1 aliphatic heterocycles. The van der Waals surface area contributed by atoms with Gasteiger partial charge in [-0.15, -0.1) is 0 Å². The van der Waals surface area contributed by atoms with E-state index in [1.54, 1.807) is 0 Å². The first-order valence-corrected chi connectivity index (χ1v) is 11.5. The zero-order valence-corrected chi connectivity index (χ0v) is 18.9. The summed E-state index contributed by atoms with van der Waals surface area (Å²) in [7, 11) is 0. The third-order valence-corrected chi connectivity index (χ3v) is 5.98. The van der Waals surface area contributed by atoms with Crippen LogP contribution in [0.4, 0.5) is 5.69 Å². The van der Waals surface area contributed by atoms with E-state index in [9.17, 15) is 4.79 Å². The zero-order chi connectivity index (χ0) is 22.3. The molecule has 0 spiro atoms. The maximum absolute atomic E-state index is 13.2. The quantitative estimate of drug-likeness (QED) is 0.538. The fourth-order valence-corrected chi connectivity index (χ4v) is 4.29. The number of nitrogens with zero attached hydrogens (tertiary/aromatic N) is 1. The molecule has 1 aliphatic rings. The molecule has 1 saturated heterocycles. The standard InChI is InChI=1S/C27H31N3O2/c1-3-32-23-10-6-9-20(16-23)24-17-21(13-12-19(24)2)27(31)30-25-11-7-15-29-26(25)22-8-4-5-14-28-18-22/h6-7,9-13,15-17,22,28H,3-5,8,14,18H2,1-2H3,(H,30,31). The number of rotatable bonds is 6. The van der Waals surface area contributed by atoms with Crippen LogP contribution in [0, 0.1) is 6.92 Å². The Kier molecular flexibility index (Phi) is 7.17. The number of carbonyl (C=O) groups excluding carboxylic acids is 1. The molecule has 2 heterocycles. The van der Waals surface area contributed by atoms with Crippen LogP contribution in [0.3, 0.4) is 0 Å². The highest BCUT2D eigenvalue weighted by molar-refractivity contribution is 6.05. The molecule has 166 valence electrons. The molecule has 1 fully saturated rings. The molecular weight excluding hydrogens is 398 g/mol. The van der Waals surface area contributed by atoms with Crippen LogP contribution < -0.4 is 15.4 Å². The van der Waals surface area contributed by atoms with Crippen molar-refractivity contribution in [2.24, 2.45) is 0 Å². The largest absolute Gasteiger partial charge is 0.494 e. The minimum Gasteiger partial charge on any atom is -0.494 e. The minimum atomic E-state index is -0.122. The second kappa shape index (κ2) is 10.4. The molecule has 32 heavy (non-hydrogen) atoms. The van der Waals surface area contributed by atoms with Crippen LogP contribution >= 0.6 is 0 Å². The van der Waals surface area contributed by atoms with Crippen LogP contribution in [0.1, 0.15) is 53.7 Å². The Morgan fingerprint density at radius 3 is 2.94 bits per heavy atom. The van der Waals surface area contributed by atoms with Gasteiger partial charge in [-0.2, -0.15) is 0 Å². The normalized spacial score (nSPS) is 16.2. The average molecular weight is 430 g/mol. The monoisotopic (exact) mass is 429 g/mol. The summed E-state index contributed by atoms with van der Waals surface area (Å²) < 4.78 is 5.65. The fourth-order valence-electron chi connectivity index (χ4n) is 4.29. The molecule has 2 N–H and O–H groups in total. The van der Waals surface area contributed by atoms with Gasteiger partial charge in [-0.25, -0.2) is 0 Å². The molecule has 1 atom stereocenters. The van der Waals surface area contributed by atoms with Crippen LogP contribution in [-0.4, -0.2) is 30.6 Å². The van der Waals surface area contributed by atoms with Crippen LogP contribution in [-0.2, 0) is 0 Å². The number of hydrogen-bond donors (Lipinski definition) is 2. The highest BCUT2D eigenvalue weighted by atomic mass is 16.5. The van der Waals surface area contributed by atoms with E-state index in [0.717, 1.165) is 53.3 Å². The third-order valence-electron chi connectivity index (χ3n) is 5.98. The van der Waals surface area contributed by atoms with Gasteiger partial charge in [0.1, 0.15) is 5.75 Å². The maximum Gasteiger partial charge on any atom is 0.255 e. The second-order valence-electron chi connectivity index (χ2n) is 8.28. The van der Waals surface area contributed by atoms with Gasteiger partial charge in [0.15, 0.2) is 0 Å². The predicted octanol–water partition coefficient (Wildman–Crippen LogP) is 5.57. The average Bonchev–Trinajstić information content (AvgIpc) is 3.10. The van der Waals surface area contributed by atoms with Gasteiger partial charge in [-0.3, -0.25) is 9.78 Å². The summed E-state index contributed by atoms with van der Waals surface area (Å²) in [5.41, 5.74) is 5.56. The van der Waals surface area contributed by atoms with Crippen molar-refractivity contribution in [3.05, 3.63) is 77.6 Å². The van der Waals surface area contributed by atoms with Gasteiger partial charge in [-0.05, 0) is 86.3 Å². The molecule has 4 rings (SSSR count). The van der Waals surface area contributed by atoms with Crippen molar-refractivity contribution in [1.29, 1.82) is 0 Å². The van der Waals surface area contributed by atoms with E-state index in [0.29, 0.717) is 18.1 Å². The van der Waals surface area contributed by atoms with Crippen LogP contribution in [0.5, 0.6) is 5.75 Å². The van der Waals surface area contributed by atoms with Crippen molar-refractivity contribution >= 4 is 11.6 Å². The zero-order valence-electron chi connectivity index (χ0n) is 18.9. The Hall–Kier alpha value is -3.18. The van der Waals surface area contributed by atoms with Crippen molar-refractivity contribution in [2.75, 3.05) is 25.0 Å². The van der Waals surface area contributed by atoms with E-state index in [1.807, 2.05) is 67.7 Å². The Morgan fingerprint density at radius 2 is 2.06 bits per heavy atom. The Balaban J connectivity index is 1.59. The van der Waals surface area contributed by atoms with Gasteiger partial charge in [0.25, 0.3) is 5.91 Å². The SMILES string of the molecule is CCOc1cccc(-c2cc(C(=O)Nc3cccnc3C3CCCCNC3)ccc2C)c1. The van der Waals surface area contributed by atoms with E-state index in [-0.39, 0.29) is 5.91 Å². The lowest BCUT2D eigenvalue weighted by molar-refractivity contribution is 0.102. The topological polar surface area (TPSA) is 63.2 Å². The molecule has 0 aliphatic carbocycles. The third kappa shape index (κ3) is 5.17. The van der Waals surface area contributed by atoms with Crippen molar-refractivity contribution in [2.45, 2.75) is 39.0 Å². The number of amides is 1. The number of hydrogen-bond acceptors (Lipinski definition) is 4. The molecule has 1 aromatic heterocycles. The summed E-state index contributed by atoms with van der Waals surface area (Å²) in [6.07, 6.45) is 5.24. The lowest BCUT2D eigenvalue weighted by Crippen LogP contribution is -2.22. The van der Waals surface area contributed by atoms with Crippen LogP contribution in [0.25, 0.3) is 11.1 Å². The molecule has 1 unspecified atom stereocenters. The Labute approximate surface area is 190 Å². The highest BCUT2D eigenvalue weighted by Gasteiger charge is 2.20. The highest BCUT2D eigenvalue weighted by Crippen LogP contribution is 2.30. The number of pyridine rings is 1. The predicted molar refractivity (Wildman–Crippen MR) is 129 cm³/mol. The molecule has 0 radical (unpaired) electrons. The molecule has 5 heteroatoms. The van der Waals surface area contributed by atoms with Crippen molar-refractivity contribution in [1.82, 2.24) is 10.3 Å². The minimum absolute atomic E-state index is 0.122. The smallest absolute Gasteiger partial charge is 0.255 e. The van der Waals surface area contributed by atoms with Crippen molar-refractivity contribution in [3.63, 3.8) is 0 Å². The molecule has 0 saturated carbocycles. The van der Waals surface area contributed by atoms with Crippen LogP contribution in [0.2, 0.25) is 0 Å². The van der Waals surface area contributed by atoms with Gasteiger partial charge in [0, 0.05) is 24.2 Å². The molecular formula is C27H31N3O2. The van der Waals surface area contributed by atoms with E-state index >= 15 is 0 Å². The fraction of sp³-hybridized carbons (Fsp3) is 0.333. The number of anilines is 1. The van der Waals surface area contributed by atoms with Gasteiger partial charge < -0.3 is 15.4 Å². The molecule has 3 aromatic rings. The Morgan fingerprint density at radius 1 is 1.16 bits per heavy atom. The number of ether oxygens (including phenoxy) is 1. The first-order valence-electron chi connectivity index (χ1n) is 11.5. The molecule has 5 nitrogen and oxygen atoms in total. The van der Waals surface area contributed by atoms with Gasteiger partial charge >= 0.3 is 0 Å². The lowest BCUT2D eigenvalue weighted by atomic mass is 9.96. The molecule has 2 aromatic carbocycles. The van der Waals surface area contributed by atoms with E-state index < -0.39 is 0 Å². The van der Waals surface area contributed by atoms with Crippen molar-refractivity contribution in [3.8, 4) is 16.9 Å². The summed E-state index contributed by atoms with van der Waals surface area (Å²) in [5.74, 6) is 1.02. The summed E-state index contributed by atoms with van der Waals surface area (Å²) in [6.45, 7) is 6.59. The maximum atomic E-state index is 13.2.